The number of carbonyl (C=O) groups excluding carboxylic acids is 2. The van der Waals surface area contributed by atoms with Crippen LogP contribution in [0, 0.1) is 5.92 Å². The number of halogens is 4. The fourth-order valence-electron chi connectivity index (χ4n) is 3.75. The van der Waals surface area contributed by atoms with E-state index in [1.807, 2.05) is 38.1 Å². The monoisotopic (exact) mass is 523 g/mol. The predicted molar refractivity (Wildman–Crippen MR) is 122 cm³/mol. The second-order valence-corrected chi connectivity index (χ2v) is 9.39. The largest absolute Gasteiger partial charge is 0.462 e. The van der Waals surface area contributed by atoms with Crippen molar-refractivity contribution in [3.8, 4) is 0 Å². The van der Waals surface area contributed by atoms with Crippen LogP contribution >= 0.6 is 15.9 Å². The lowest BCUT2D eigenvalue weighted by Crippen LogP contribution is -2.38. The van der Waals surface area contributed by atoms with Crippen molar-refractivity contribution in [1.82, 2.24) is 4.90 Å². The van der Waals surface area contributed by atoms with Crippen LogP contribution in [-0.4, -0.2) is 23.4 Å². The van der Waals surface area contributed by atoms with Crippen LogP contribution in [0.2, 0.25) is 0 Å². The lowest BCUT2D eigenvalue weighted by atomic mass is 9.83. The molecule has 0 N–H and O–H groups in total. The zero-order chi connectivity index (χ0) is 24.3. The molecule has 4 nitrogen and oxygen atoms in total. The van der Waals surface area contributed by atoms with E-state index < -0.39 is 23.6 Å². The van der Waals surface area contributed by atoms with Crippen molar-refractivity contribution < 1.29 is 27.5 Å². The SMILES string of the molecule is CC1=C(C(=O)OCC(C)C)[C@H](c2ccc(C(F)(F)F)cc2)CC(=O)N1Cc1ccc(Br)cc1. The number of hydrogen-bond donors (Lipinski definition) is 0. The Balaban J connectivity index is 1.99. The summed E-state index contributed by atoms with van der Waals surface area (Å²) in [6.45, 7) is 5.98. The molecular weight excluding hydrogens is 499 g/mol. The normalized spacial score (nSPS) is 17.0. The van der Waals surface area contributed by atoms with Gasteiger partial charge in [-0.2, -0.15) is 13.2 Å². The molecule has 2 aromatic carbocycles. The maximum atomic E-state index is 13.1. The molecule has 0 radical (unpaired) electrons. The third-order valence-corrected chi connectivity index (χ3v) is 6.01. The van der Waals surface area contributed by atoms with E-state index in [9.17, 15) is 22.8 Å². The average Bonchev–Trinajstić information content (AvgIpc) is 2.75. The number of benzene rings is 2. The van der Waals surface area contributed by atoms with E-state index in [1.54, 1.807) is 6.92 Å². The van der Waals surface area contributed by atoms with Gasteiger partial charge < -0.3 is 9.64 Å². The van der Waals surface area contributed by atoms with E-state index in [2.05, 4.69) is 15.9 Å². The Kier molecular flexibility index (Phi) is 7.67. The molecular formula is C25H25BrF3NO3. The van der Waals surface area contributed by atoms with E-state index in [4.69, 9.17) is 4.74 Å². The molecule has 0 fully saturated rings. The van der Waals surface area contributed by atoms with Crippen molar-refractivity contribution >= 4 is 27.8 Å². The van der Waals surface area contributed by atoms with Crippen molar-refractivity contribution in [2.75, 3.05) is 6.61 Å². The van der Waals surface area contributed by atoms with Crippen molar-refractivity contribution in [3.63, 3.8) is 0 Å². The van der Waals surface area contributed by atoms with Crippen molar-refractivity contribution in [2.45, 2.75) is 45.8 Å². The number of rotatable bonds is 6. The molecule has 1 heterocycles. The van der Waals surface area contributed by atoms with Crippen LogP contribution in [0.3, 0.4) is 0 Å². The molecule has 176 valence electrons. The van der Waals surface area contributed by atoms with Gasteiger partial charge in [0.15, 0.2) is 0 Å². The molecule has 0 bridgehead atoms. The lowest BCUT2D eigenvalue weighted by Gasteiger charge is -2.34. The first-order valence-corrected chi connectivity index (χ1v) is 11.4. The highest BCUT2D eigenvalue weighted by Gasteiger charge is 2.38. The van der Waals surface area contributed by atoms with Crippen LogP contribution < -0.4 is 0 Å². The molecule has 1 aliphatic heterocycles. The van der Waals surface area contributed by atoms with Gasteiger partial charge >= 0.3 is 12.1 Å². The highest BCUT2D eigenvalue weighted by Crippen LogP contribution is 2.39. The minimum Gasteiger partial charge on any atom is -0.462 e. The lowest BCUT2D eigenvalue weighted by molar-refractivity contribution is -0.141. The number of alkyl halides is 3. The van der Waals surface area contributed by atoms with Gasteiger partial charge in [0, 0.05) is 22.5 Å². The van der Waals surface area contributed by atoms with Crippen molar-refractivity contribution in [1.29, 1.82) is 0 Å². The molecule has 0 spiro atoms. The highest BCUT2D eigenvalue weighted by molar-refractivity contribution is 9.10. The van der Waals surface area contributed by atoms with E-state index in [0.717, 1.165) is 22.2 Å². The Bertz CT molecular complexity index is 1040. The molecule has 0 unspecified atom stereocenters. The van der Waals surface area contributed by atoms with Gasteiger partial charge in [-0.25, -0.2) is 4.79 Å². The van der Waals surface area contributed by atoms with Gasteiger partial charge in [0.25, 0.3) is 0 Å². The van der Waals surface area contributed by atoms with Crippen LogP contribution in [-0.2, 0) is 27.0 Å². The molecule has 0 saturated heterocycles. The number of amides is 1. The third-order valence-electron chi connectivity index (χ3n) is 5.48. The number of carbonyl (C=O) groups is 2. The second kappa shape index (κ2) is 10.1. The quantitative estimate of drug-likeness (QED) is 0.408. The first-order valence-electron chi connectivity index (χ1n) is 10.6. The predicted octanol–water partition coefficient (Wildman–Crippen LogP) is 6.46. The summed E-state index contributed by atoms with van der Waals surface area (Å²) in [6, 6.07) is 12.1. The Labute approximate surface area is 199 Å². The summed E-state index contributed by atoms with van der Waals surface area (Å²) in [6.07, 6.45) is -4.50. The van der Waals surface area contributed by atoms with Gasteiger partial charge in [-0.1, -0.05) is 54.0 Å². The summed E-state index contributed by atoms with van der Waals surface area (Å²) in [5.41, 5.74) is 1.32. The van der Waals surface area contributed by atoms with Crippen LogP contribution in [0.4, 0.5) is 13.2 Å². The van der Waals surface area contributed by atoms with Crippen molar-refractivity contribution in [2.24, 2.45) is 5.92 Å². The van der Waals surface area contributed by atoms with Gasteiger partial charge in [0.1, 0.15) is 0 Å². The van der Waals surface area contributed by atoms with Crippen molar-refractivity contribution in [3.05, 3.63) is 81.0 Å². The minimum atomic E-state index is -4.47. The Morgan fingerprint density at radius 2 is 1.73 bits per heavy atom. The number of allylic oxidation sites excluding steroid dienone is 1. The number of ether oxygens (including phenoxy) is 1. The number of esters is 1. The second-order valence-electron chi connectivity index (χ2n) is 8.47. The molecule has 8 heteroatoms. The van der Waals surface area contributed by atoms with Gasteiger partial charge in [-0.05, 0) is 48.2 Å². The topological polar surface area (TPSA) is 46.6 Å². The first-order chi connectivity index (χ1) is 15.5. The zero-order valence-electron chi connectivity index (χ0n) is 18.6. The summed E-state index contributed by atoms with van der Waals surface area (Å²) in [5.74, 6) is -1.33. The number of nitrogens with zero attached hydrogens (tertiary/aromatic N) is 1. The Morgan fingerprint density at radius 1 is 1.12 bits per heavy atom. The van der Waals surface area contributed by atoms with Gasteiger partial charge in [-0.3, -0.25) is 4.79 Å². The maximum absolute atomic E-state index is 13.1. The molecule has 1 aliphatic rings. The van der Waals surface area contributed by atoms with Crippen LogP contribution in [0.5, 0.6) is 0 Å². The van der Waals surface area contributed by atoms with E-state index in [-0.39, 0.29) is 31.4 Å². The molecule has 0 aromatic heterocycles. The van der Waals surface area contributed by atoms with Crippen LogP contribution in [0.15, 0.2) is 64.3 Å². The van der Waals surface area contributed by atoms with Crippen LogP contribution in [0.25, 0.3) is 0 Å². The average molecular weight is 524 g/mol. The molecule has 1 atom stereocenters. The first kappa shape index (κ1) is 25.0. The Morgan fingerprint density at radius 3 is 2.27 bits per heavy atom. The molecule has 1 amide bonds. The Hall–Kier alpha value is -2.61. The fraction of sp³-hybridized carbons (Fsp3) is 0.360. The maximum Gasteiger partial charge on any atom is 0.416 e. The third kappa shape index (κ3) is 6.05. The van der Waals surface area contributed by atoms with Gasteiger partial charge in [-0.15, -0.1) is 0 Å². The number of hydrogen-bond acceptors (Lipinski definition) is 3. The fourth-order valence-corrected chi connectivity index (χ4v) is 4.01. The van der Waals surface area contributed by atoms with E-state index in [1.165, 1.54) is 17.0 Å². The van der Waals surface area contributed by atoms with Crippen LogP contribution in [0.1, 0.15) is 49.8 Å². The van der Waals surface area contributed by atoms with Gasteiger partial charge in [0.05, 0.1) is 24.3 Å². The smallest absolute Gasteiger partial charge is 0.416 e. The summed E-state index contributed by atoms with van der Waals surface area (Å²) >= 11 is 3.38. The molecule has 0 aliphatic carbocycles. The molecule has 2 aromatic rings. The highest BCUT2D eigenvalue weighted by atomic mass is 79.9. The van der Waals surface area contributed by atoms with E-state index >= 15 is 0 Å². The summed E-state index contributed by atoms with van der Waals surface area (Å²) in [7, 11) is 0. The van der Waals surface area contributed by atoms with E-state index in [0.29, 0.717) is 16.8 Å². The molecule has 33 heavy (non-hydrogen) atoms. The standard InChI is InChI=1S/C25H25BrF3NO3/c1-15(2)14-33-24(32)23-16(3)30(13-17-4-10-20(26)11-5-17)22(31)12-21(23)18-6-8-19(9-7-18)25(27,28)29/h4-11,15,21H,12-14H2,1-3H3/t21-/m0/s1. The molecule has 3 rings (SSSR count). The summed E-state index contributed by atoms with van der Waals surface area (Å²) in [4.78, 5) is 27.7. The minimum absolute atomic E-state index is 0.0364. The summed E-state index contributed by atoms with van der Waals surface area (Å²) in [5, 5.41) is 0. The molecule has 0 saturated carbocycles. The summed E-state index contributed by atoms with van der Waals surface area (Å²) < 4.78 is 45.4. The zero-order valence-corrected chi connectivity index (χ0v) is 20.2. The van der Waals surface area contributed by atoms with Gasteiger partial charge in [0.2, 0.25) is 5.91 Å².